The number of carbonyl (C=O) groups excluding carboxylic acids is 3. The fourth-order valence-electron chi connectivity index (χ4n) is 2.38. The zero-order valence-corrected chi connectivity index (χ0v) is 17.7. The summed E-state index contributed by atoms with van der Waals surface area (Å²) in [7, 11) is 1.26. The van der Waals surface area contributed by atoms with E-state index in [1.807, 2.05) is 0 Å². The molecule has 28 heavy (non-hydrogen) atoms. The number of ether oxygens (including phenoxy) is 5. The monoisotopic (exact) mass is 456 g/mol. The van der Waals surface area contributed by atoms with Crippen LogP contribution in [0.25, 0.3) is 6.08 Å². The van der Waals surface area contributed by atoms with Crippen LogP contribution in [0.15, 0.2) is 22.2 Å². The number of halogens is 1. The summed E-state index contributed by atoms with van der Waals surface area (Å²) in [6, 6.07) is 3.18. The van der Waals surface area contributed by atoms with Crippen molar-refractivity contribution in [1.82, 2.24) is 0 Å². The third-order valence-corrected chi connectivity index (χ3v) is 4.18. The topological polar surface area (TPSA) is 97.4 Å². The molecule has 0 spiro atoms. The Morgan fingerprint density at radius 2 is 1.86 bits per heavy atom. The summed E-state index contributed by atoms with van der Waals surface area (Å²) in [5, 5.41) is 0. The Labute approximate surface area is 170 Å². The Bertz CT molecular complexity index is 805. The normalized spacial score (nSPS) is 16.6. The molecule has 2 rings (SSSR count). The number of hydrogen-bond acceptors (Lipinski definition) is 8. The molecule has 1 atom stereocenters. The van der Waals surface area contributed by atoms with Crippen molar-refractivity contribution in [2.45, 2.75) is 39.6 Å². The lowest BCUT2D eigenvalue weighted by Crippen LogP contribution is -2.41. The van der Waals surface area contributed by atoms with Gasteiger partial charge in [0, 0.05) is 13.8 Å². The van der Waals surface area contributed by atoms with Gasteiger partial charge in [-0.3, -0.25) is 0 Å². The number of methoxy groups -OCH3 is 1. The first kappa shape index (κ1) is 21.7. The zero-order valence-electron chi connectivity index (χ0n) is 16.2. The minimum atomic E-state index is -1.32. The maximum atomic E-state index is 12.1. The lowest BCUT2D eigenvalue weighted by molar-refractivity contribution is -0.222. The summed E-state index contributed by atoms with van der Waals surface area (Å²) < 4.78 is 26.5. The molecule has 0 bridgehead atoms. The first-order valence-corrected chi connectivity index (χ1v) is 9.26. The van der Waals surface area contributed by atoms with E-state index in [0.29, 0.717) is 22.4 Å². The molecule has 8 nitrogen and oxygen atoms in total. The van der Waals surface area contributed by atoms with E-state index in [1.165, 1.54) is 27.0 Å². The van der Waals surface area contributed by atoms with Crippen molar-refractivity contribution in [3.8, 4) is 11.5 Å². The van der Waals surface area contributed by atoms with Crippen molar-refractivity contribution in [3.63, 3.8) is 0 Å². The molecule has 0 saturated carbocycles. The summed E-state index contributed by atoms with van der Waals surface area (Å²) >= 11 is 3.36. The number of carbonyl (C=O) groups is 3. The summed E-state index contributed by atoms with van der Waals surface area (Å²) in [5.41, 5.74) is 0.224. The van der Waals surface area contributed by atoms with Gasteiger partial charge in [-0.15, -0.1) is 0 Å². The number of esters is 3. The molecule has 152 valence electrons. The van der Waals surface area contributed by atoms with Crippen LogP contribution in [-0.4, -0.2) is 43.5 Å². The zero-order chi connectivity index (χ0) is 21.1. The molecule has 1 saturated heterocycles. The molecule has 1 fully saturated rings. The minimum Gasteiger partial charge on any atom is -0.490 e. The van der Waals surface area contributed by atoms with E-state index in [-0.39, 0.29) is 11.3 Å². The second-order valence-corrected chi connectivity index (χ2v) is 7.14. The summed E-state index contributed by atoms with van der Waals surface area (Å²) in [6.07, 6.45) is 0.469. The van der Waals surface area contributed by atoms with Crippen LogP contribution in [0.3, 0.4) is 0 Å². The Morgan fingerprint density at radius 1 is 1.25 bits per heavy atom. The van der Waals surface area contributed by atoms with Gasteiger partial charge in [0.2, 0.25) is 0 Å². The second-order valence-electron chi connectivity index (χ2n) is 6.28. The van der Waals surface area contributed by atoms with Crippen LogP contribution in [0, 0.1) is 0 Å². The molecule has 1 heterocycles. The molecule has 1 aliphatic rings. The van der Waals surface area contributed by atoms with Gasteiger partial charge < -0.3 is 23.7 Å². The highest BCUT2D eigenvalue weighted by atomic mass is 79.9. The summed E-state index contributed by atoms with van der Waals surface area (Å²) in [6.45, 7) is 6.59. The molecule has 1 aromatic carbocycles. The van der Waals surface area contributed by atoms with Gasteiger partial charge in [-0.05, 0) is 53.5 Å². The largest absolute Gasteiger partial charge is 0.490 e. The van der Waals surface area contributed by atoms with Crippen LogP contribution in [0.5, 0.6) is 11.5 Å². The Morgan fingerprint density at radius 3 is 2.39 bits per heavy atom. The van der Waals surface area contributed by atoms with E-state index in [0.717, 1.165) is 0 Å². The number of cyclic esters (lactones) is 2. The van der Waals surface area contributed by atoms with E-state index < -0.39 is 29.8 Å². The van der Waals surface area contributed by atoms with Crippen molar-refractivity contribution in [2.75, 3.05) is 13.7 Å². The van der Waals surface area contributed by atoms with Crippen LogP contribution >= 0.6 is 15.9 Å². The SMILES string of the molecule is CCOc1cc(C=C2C(=O)OC(C)(C)OC2=O)cc(Br)c1OC(C)C(=O)OC. The quantitative estimate of drug-likeness (QED) is 0.366. The van der Waals surface area contributed by atoms with Gasteiger partial charge in [0.1, 0.15) is 5.57 Å². The van der Waals surface area contributed by atoms with E-state index >= 15 is 0 Å². The van der Waals surface area contributed by atoms with Gasteiger partial charge in [-0.2, -0.15) is 0 Å². The van der Waals surface area contributed by atoms with E-state index in [9.17, 15) is 14.4 Å². The van der Waals surface area contributed by atoms with Crippen molar-refractivity contribution < 1.29 is 38.1 Å². The Kier molecular flexibility index (Phi) is 6.71. The number of benzene rings is 1. The van der Waals surface area contributed by atoms with E-state index in [1.54, 1.807) is 26.0 Å². The third kappa shape index (κ3) is 5.03. The van der Waals surface area contributed by atoms with Crippen LogP contribution in [-0.2, 0) is 28.6 Å². The Balaban J connectivity index is 2.41. The maximum Gasteiger partial charge on any atom is 0.348 e. The van der Waals surface area contributed by atoms with Crippen LogP contribution < -0.4 is 9.47 Å². The smallest absolute Gasteiger partial charge is 0.348 e. The van der Waals surface area contributed by atoms with Crippen molar-refractivity contribution in [3.05, 3.63) is 27.7 Å². The first-order chi connectivity index (χ1) is 13.1. The van der Waals surface area contributed by atoms with Crippen molar-refractivity contribution in [1.29, 1.82) is 0 Å². The predicted octanol–water partition coefficient (Wildman–Crippen LogP) is 3.01. The second kappa shape index (κ2) is 8.64. The third-order valence-electron chi connectivity index (χ3n) is 3.59. The predicted molar refractivity (Wildman–Crippen MR) is 102 cm³/mol. The van der Waals surface area contributed by atoms with Crippen LogP contribution in [0.1, 0.15) is 33.3 Å². The summed E-state index contributed by atoms with van der Waals surface area (Å²) in [5.74, 6) is -2.82. The molecule has 1 unspecified atom stereocenters. The average Bonchev–Trinajstić information content (AvgIpc) is 2.59. The van der Waals surface area contributed by atoms with Crippen LogP contribution in [0.4, 0.5) is 0 Å². The van der Waals surface area contributed by atoms with Crippen molar-refractivity contribution >= 4 is 39.9 Å². The van der Waals surface area contributed by atoms with Gasteiger partial charge in [0.15, 0.2) is 17.6 Å². The lowest BCUT2D eigenvalue weighted by atomic mass is 10.1. The van der Waals surface area contributed by atoms with E-state index in [4.69, 9.17) is 18.9 Å². The van der Waals surface area contributed by atoms with Gasteiger partial charge in [-0.25, -0.2) is 14.4 Å². The molecular formula is C19H21BrO8. The molecule has 1 aliphatic heterocycles. The fraction of sp³-hybridized carbons (Fsp3) is 0.421. The number of hydrogen-bond donors (Lipinski definition) is 0. The average molecular weight is 457 g/mol. The Hall–Kier alpha value is -2.55. The summed E-state index contributed by atoms with van der Waals surface area (Å²) in [4.78, 5) is 35.9. The van der Waals surface area contributed by atoms with Crippen molar-refractivity contribution in [2.24, 2.45) is 0 Å². The van der Waals surface area contributed by atoms with E-state index in [2.05, 4.69) is 20.7 Å². The molecule has 0 N–H and O–H groups in total. The number of rotatable bonds is 6. The first-order valence-electron chi connectivity index (χ1n) is 8.47. The van der Waals surface area contributed by atoms with Crippen LogP contribution in [0.2, 0.25) is 0 Å². The van der Waals surface area contributed by atoms with Gasteiger partial charge in [0.25, 0.3) is 5.79 Å². The standard InChI is InChI=1S/C19H21BrO8/c1-6-25-14-9-11(7-12-17(22)27-19(3,4)28-18(12)23)8-13(20)15(14)26-10(2)16(21)24-5/h7-10H,6H2,1-5H3. The van der Waals surface area contributed by atoms with Gasteiger partial charge in [-0.1, -0.05) is 0 Å². The molecule has 1 aromatic rings. The molecular weight excluding hydrogens is 436 g/mol. The molecule has 0 aliphatic carbocycles. The molecule has 0 amide bonds. The minimum absolute atomic E-state index is 0.245. The highest BCUT2D eigenvalue weighted by molar-refractivity contribution is 9.10. The highest BCUT2D eigenvalue weighted by Gasteiger charge is 2.38. The maximum absolute atomic E-state index is 12.1. The fourth-order valence-corrected chi connectivity index (χ4v) is 2.94. The lowest BCUT2D eigenvalue weighted by Gasteiger charge is -2.29. The molecule has 9 heteroatoms. The molecule has 0 radical (unpaired) electrons. The van der Waals surface area contributed by atoms with Gasteiger partial charge >= 0.3 is 17.9 Å². The molecule has 0 aromatic heterocycles. The highest BCUT2D eigenvalue weighted by Crippen LogP contribution is 2.38. The van der Waals surface area contributed by atoms with Gasteiger partial charge in [0.05, 0.1) is 18.2 Å².